The lowest BCUT2D eigenvalue weighted by molar-refractivity contribution is -0.432. The molecule has 0 amide bonds. The average Bonchev–Trinajstić information content (AvgIpc) is 3.29. The molecule has 8 N–H and O–H groups in total. The van der Waals surface area contributed by atoms with E-state index < -0.39 is 10.1 Å². The molecule has 0 aliphatic carbocycles. The number of hydrogen-bond acceptors (Lipinski definition) is 20. The molecule has 0 radical (unpaired) electrons. The predicted octanol–water partition coefficient (Wildman–Crippen LogP) is 5.70. The Kier molecular flexibility index (Phi) is 13.6. The largest absolute Gasteiger partial charge is 0.338 e. The van der Waals surface area contributed by atoms with Crippen LogP contribution in [0.15, 0.2) is 107 Å². The second-order valence-corrected chi connectivity index (χ2v) is 15.9. The van der Waals surface area contributed by atoms with E-state index in [0.29, 0.717) is 70.8 Å². The van der Waals surface area contributed by atoms with Gasteiger partial charge in [0.25, 0.3) is 10.1 Å². The van der Waals surface area contributed by atoms with Crippen molar-refractivity contribution in [2.75, 3.05) is 83.4 Å². The lowest BCUT2D eigenvalue weighted by Gasteiger charge is -2.27. The molecular formula is C40H42N14O6S2. The molecule has 0 saturated carbocycles. The molecule has 2 saturated heterocycles. The molecule has 2 aliphatic rings. The van der Waals surface area contributed by atoms with Crippen LogP contribution in [0, 0.1) is 0 Å². The van der Waals surface area contributed by atoms with Crippen LogP contribution in [0.1, 0.15) is 11.1 Å². The minimum absolute atomic E-state index is 0.166. The number of anilines is 10. The van der Waals surface area contributed by atoms with E-state index in [9.17, 15) is 13.0 Å². The van der Waals surface area contributed by atoms with Crippen molar-refractivity contribution >= 4 is 92.8 Å². The van der Waals surface area contributed by atoms with Gasteiger partial charge in [-0.1, -0.05) is 65.7 Å². The van der Waals surface area contributed by atoms with Crippen LogP contribution in [-0.2, 0) is 19.5 Å². The zero-order valence-electron chi connectivity index (χ0n) is 33.0. The van der Waals surface area contributed by atoms with E-state index in [1.807, 2.05) is 65.6 Å². The van der Waals surface area contributed by atoms with Crippen molar-refractivity contribution in [3.63, 3.8) is 0 Å². The van der Waals surface area contributed by atoms with Crippen molar-refractivity contribution in [2.45, 2.75) is 9.79 Å². The minimum Gasteiger partial charge on any atom is -0.338 e. The normalized spacial score (nSPS) is 14.5. The van der Waals surface area contributed by atoms with E-state index in [2.05, 4.69) is 66.8 Å². The number of nitrogens with one attached hydrogen (secondary N) is 6. The SMILES string of the molecule is O=S(=O)(O)c1cc(Nc2nc(Nc3ccccc3)nc(N3CCNCC3)n2)ccc1C=Cc1ccc(Nc2nc(Nc3ccccc3)nc(N3CCNCC3)n2)cc1SOOO. The summed E-state index contributed by atoms with van der Waals surface area (Å²) in [7, 11) is -4.72. The highest BCUT2D eigenvalue weighted by Crippen LogP contribution is 2.32. The van der Waals surface area contributed by atoms with Crippen molar-refractivity contribution < 1.29 is 27.6 Å². The summed E-state index contributed by atoms with van der Waals surface area (Å²) in [5, 5.41) is 32.3. The summed E-state index contributed by atoms with van der Waals surface area (Å²) in [6.07, 6.45) is 3.16. The maximum Gasteiger partial charge on any atom is 0.295 e. The van der Waals surface area contributed by atoms with Crippen molar-refractivity contribution in [3.8, 4) is 0 Å². The van der Waals surface area contributed by atoms with Crippen molar-refractivity contribution in [1.29, 1.82) is 0 Å². The summed E-state index contributed by atoms with van der Waals surface area (Å²) >= 11 is 0.711. The first-order valence-electron chi connectivity index (χ1n) is 19.5. The molecule has 2 aromatic heterocycles. The molecule has 20 nitrogen and oxygen atoms in total. The summed E-state index contributed by atoms with van der Waals surface area (Å²) < 4.78 is 40.8. The Bertz CT molecular complexity index is 2600. The third kappa shape index (κ3) is 11.2. The molecule has 2 fully saturated rings. The summed E-state index contributed by atoms with van der Waals surface area (Å²) in [6.45, 7) is 5.92. The minimum atomic E-state index is -4.72. The van der Waals surface area contributed by atoms with Gasteiger partial charge in [-0.25, -0.2) is 5.26 Å². The van der Waals surface area contributed by atoms with Gasteiger partial charge in [0.2, 0.25) is 35.7 Å². The lowest BCUT2D eigenvalue weighted by Crippen LogP contribution is -2.44. The van der Waals surface area contributed by atoms with Gasteiger partial charge in [0.05, 0.1) is 12.0 Å². The second-order valence-electron chi connectivity index (χ2n) is 13.8. The number of para-hydroxylation sites is 2. The van der Waals surface area contributed by atoms with E-state index in [1.54, 1.807) is 30.3 Å². The zero-order valence-corrected chi connectivity index (χ0v) is 34.6. The highest BCUT2D eigenvalue weighted by atomic mass is 32.2. The highest BCUT2D eigenvalue weighted by Gasteiger charge is 2.20. The monoisotopic (exact) mass is 878 g/mol. The number of benzene rings is 4. The Morgan fingerprint density at radius 1 is 0.581 bits per heavy atom. The molecule has 4 aromatic carbocycles. The van der Waals surface area contributed by atoms with Crippen molar-refractivity contribution in [3.05, 3.63) is 108 Å². The Morgan fingerprint density at radius 3 is 1.48 bits per heavy atom. The van der Waals surface area contributed by atoms with Gasteiger partial charge in [0, 0.05) is 80.0 Å². The molecule has 4 heterocycles. The van der Waals surface area contributed by atoms with Gasteiger partial charge in [0.1, 0.15) is 4.90 Å². The van der Waals surface area contributed by atoms with E-state index in [1.165, 1.54) is 18.2 Å². The molecule has 320 valence electrons. The average molecular weight is 879 g/mol. The third-order valence-corrected chi connectivity index (χ3v) is 11.1. The standard InChI is InChI=1S/C40H42N14O6S2/c55-59-60-61-33-25-31(45-37-47-35(43-29-7-3-1-4-8-29)49-39(51-37)53-21-17-41-18-22-53)15-13-27(33)11-12-28-14-16-32(26-34(28)62(56,57)58)46-38-48-36(44-30-9-5-2-6-10-30)50-40(52-38)54-23-19-42-20-24-54/h1-16,25-26,41-42,55H,17-24H2,(H,56,57,58)(H2,43,45,47,49,51)(H2,44,46,48,50,52). The predicted molar refractivity (Wildman–Crippen MR) is 238 cm³/mol. The van der Waals surface area contributed by atoms with Crippen LogP contribution >= 0.6 is 12.0 Å². The second kappa shape index (κ2) is 19.9. The van der Waals surface area contributed by atoms with Crippen LogP contribution in [0.5, 0.6) is 0 Å². The Hall–Kier alpha value is -6.50. The first-order valence-corrected chi connectivity index (χ1v) is 21.6. The molecule has 8 rings (SSSR count). The number of nitrogens with zero attached hydrogens (tertiary/aromatic N) is 8. The Labute approximate surface area is 361 Å². The third-order valence-electron chi connectivity index (χ3n) is 9.52. The van der Waals surface area contributed by atoms with Crippen LogP contribution in [0.25, 0.3) is 12.2 Å². The van der Waals surface area contributed by atoms with Crippen LogP contribution in [0.3, 0.4) is 0 Å². The molecule has 0 bridgehead atoms. The number of hydrogen-bond donors (Lipinski definition) is 8. The molecule has 62 heavy (non-hydrogen) atoms. The maximum absolute atomic E-state index is 12.8. The Morgan fingerprint density at radius 2 is 1.02 bits per heavy atom. The van der Waals surface area contributed by atoms with Crippen LogP contribution in [-0.4, -0.2) is 100 Å². The van der Waals surface area contributed by atoms with Crippen molar-refractivity contribution in [1.82, 2.24) is 40.5 Å². The summed E-state index contributed by atoms with van der Waals surface area (Å²) in [5.41, 5.74) is 3.18. The van der Waals surface area contributed by atoms with Crippen LogP contribution in [0.2, 0.25) is 0 Å². The lowest BCUT2D eigenvalue weighted by atomic mass is 10.1. The van der Waals surface area contributed by atoms with Crippen LogP contribution in [0.4, 0.5) is 58.4 Å². The molecule has 6 aromatic rings. The number of aromatic nitrogens is 6. The van der Waals surface area contributed by atoms with Gasteiger partial charge >= 0.3 is 0 Å². The molecule has 22 heteroatoms. The van der Waals surface area contributed by atoms with Gasteiger partial charge in [-0.2, -0.15) is 38.3 Å². The first-order chi connectivity index (χ1) is 30.3. The molecule has 0 atom stereocenters. The quantitative estimate of drug-likeness (QED) is 0.0191. The maximum atomic E-state index is 12.8. The highest BCUT2D eigenvalue weighted by molar-refractivity contribution is 7.94. The van der Waals surface area contributed by atoms with Gasteiger partial charge in [-0.15, -0.1) is 4.33 Å². The van der Waals surface area contributed by atoms with E-state index in [0.717, 1.165) is 50.6 Å². The molecule has 0 spiro atoms. The molecule has 2 aliphatic heterocycles. The summed E-state index contributed by atoms with van der Waals surface area (Å²) in [4.78, 5) is 32.0. The number of rotatable bonds is 16. The Balaban J connectivity index is 1.05. The van der Waals surface area contributed by atoms with Gasteiger partial charge < -0.3 is 41.7 Å². The van der Waals surface area contributed by atoms with Gasteiger partial charge in [-0.3, -0.25) is 4.55 Å². The fourth-order valence-corrected chi connectivity index (χ4v) is 7.77. The zero-order chi connectivity index (χ0) is 42.7. The fourth-order valence-electron chi connectivity index (χ4n) is 6.55. The van der Waals surface area contributed by atoms with E-state index in [4.69, 9.17) is 14.6 Å². The molecular weight excluding hydrogens is 837 g/mol. The smallest absolute Gasteiger partial charge is 0.295 e. The van der Waals surface area contributed by atoms with E-state index in [-0.39, 0.29) is 22.4 Å². The fraction of sp³-hybridized carbons (Fsp3) is 0.200. The van der Waals surface area contributed by atoms with Gasteiger partial charge in [-0.05, 0) is 59.7 Å². The van der Waals surface area contributed by atoms with Crippen LogP contribution < -0.4 is 41.7 Å². The molecule has 0 unspecified atom stereocenters. The van der Waals surface area contributed by atoms with Crippen molar-refractivity contribution in [2.24, 2.45) is 0 Å². The van der Waals surface area contributed by atoms with E-state index >= 15 is 0 Å². The topological polar surface area (TPSA) is 249 Å². The summed E-state index contributed by atoms with van der Waals surface area (Å²) in [6, 6.07) is 28.7. The van der Waals surface area contributed by atoms with Gasteiger partial charge in [0.15, 0.2) is 0 Å². The first kappa shape index (κ1) is 42.2. The summed E-state index contributed by atoms with van der Waals surface area (Å²) in [5.74, 6) is 2.03. The number of piperazine rings is 2.